The van der Waals surface area contributed by atoms with E-state index in [2.05, 4.69) is 10.3 Å². The molecule has 7 heteroatoms. The molecule has 0 radical (unpaired) electrons. The highest BCUT2D eigenvalue weighted by Gasteiger charge is 2.31. The molecular weight excluding hydrogens is 301 g/mol. The molecule has 21 heavy (non-hydrogen) atoms. The number of pyridine rings is 1. The minimum atomic E-state index is -4.36. The Bertz CT molecular complexity index is 462. The van der Waals surface area contributed by atoms with Gasteiger partial charge in [0.05, 0.1) is 16.7 Å². The zero-order valence-electron chi connectivity index (χ0n) is 11.9. The van der Waals surface area contributed by atoms with Crippen molar-refractivity contribution in [3.63, 3.8) is 0 Å². The van der Waals surface area contributed by atoms with Gasteiger partial charge in [-0.1, -0.05) is 6.92 Å². The van der Waals surface area contributed by atoms with Crippen LogP contribution in [0.3, 0.4) is 0 Å². The molecule has 1 saturated heterocycles. The quantitative estimate of drug-likeness (QED) is 0.797. The molecule has 1 fully saturated rings. The van der Waals surface area contributed by atoms with Gasteiger partial charge in [-0.3, -0.25) is 0 Å². The van der Waals surface area contributed by atoms with E-state index in [4.69, 9.17) is 4.74 Å². The van der Waals surface area contributed by atoms with Crippen LogP contribution in [0.5, 0.6) is 0 Å². The summed E-state index contributed by atoms with van der Waals surface area (Å²) < 4.78 is 44.2. The molecule has 1 aromatic heterocycles. The molecule has 1 atom stereocenters. The first-order valence-corrected chi connectivity index (χ1v) is 8.05. The number of halogens is 3. The van der Waals surface area contributed by atoms with E-state index in [0.29, 0.717) is 17.3 Å². The first-order chi connectivity index (χ1) is 9.99. The van der Waals surface area contributed by atoms with E-state index in [-0.39, 0.29) is 11.9 Å². The van der Waals surface area contributed by atoms with Crippen molar-refractivity contribution in [3.05, 3.63) is 17.7 Å². The van der Waals surface area contributed by atoms with Gasteiger partial charge in [-0.2, -0.15) is 13.2 Å². The molecule has 0 aliphatic carbocycles. The Labute approximate surface area is 126 Å². The van der Waals surface area contributed by atoms with E-state index in [1.54, 1.807) is 0 Å². The van der Waals surface area contributed by atoms with Crippen LogP contribution in [-0.2, 0) is 10.9 Å². The number of rotatable bonds is 6. The summed E-state index contributed by atoms with van der Waals surface area (Å²) in [6, 6.07) is 2.17. The van der Waals surface area contributed by atoms with E-state index in [0.717, 1.165) is 38.0 Å². The fourth-order valence-electron chi connectivity index (χ4n) is 2.04. The number of hydrogen-bond donors (Lipinski definition) is 1. The average Bonchev–Trinajstić information content (AvgIpc) is 2.95. The van der Waals surface area contributed by atoms with Crippen molar-refractivity contribution >= 4 is 17.6 Å². The molecule has 1 aliphatic rings. The van der Waals surface area contributed by atoms with Crippen molar-refractivity contribution < 1.29 is 17.9 Å². The summed E-state index contributed by atoms with van der Waals surface area (Å²) in [5.74, 6) is 0.920. The van der Waals surface area contributed by atoms with Gasteiger partial charge < -0.3 is 10.1 Å². The lowest BCUT2D eigenvalue weighted by Crippen LogP contribution is -2.11. The van der Waals surface area contributed by atoms with E-state index in [1.165, 1.54) is 11.8 Å². The standard InChI is InChI=1S/C14H19F3N2OS/c1-2-5-18-12-7-10(14(15,16)17)8-13(19-12)21-9-11-4-3-6-20-11/h7-8,11H,2-6,9H2,1H3,(H,18,19). The van der Waals surface area contributed by atoms with Crippen molar-refractivity contribution in [2.24, 2.45) is 0 Å². The molecule has 0 saturated carbocycles. The Balaban J connectivity index is 2.09. The van der Waals surface area contributed by atoms with Crippen LogP contribution in [0.1, 0.15) is 31.7 Å². The Kier molecular flexibility index (Phi) is 5.75. The Morgan fingerprint density at radius 1 is 1.43 bits per heavy atom. The molecular formula is C14H19F3N2OS. The summed E-state index contributed by atoms with van der Waals surface area (Å²) in [6.45, 7) is 3.29. The lowest BCUT2D eigenvalue weighted by atomic mass is 10.2. The topological polar surface area (TPSA) is 34.1 Å². The van der Waals surface area contributed by atoms with Crippen LogP contribution in [0.2, 0.25) is 0 Å². The van der Waals surface area contributed by atoms with Crippen LogP contribution in [0.4, 0.5) is 19.0 Å². The molecule has 2 heterocycles. The Hall–Kier alpha value is -0.950. The summed E-state index contributed by atoms with van der Waals surface area (Å²) in [4.78, 5) is 4.24. The monoisotopic (exact) mass is 320 g/mol. The molecule has 0 bridgehead atoms. The van der Waals surface area contributed by atoms with Crippen LogP contribution in [-0.4, -0.2) is 30.0 Å². The van der Waals surface area contributed by atoms with Crippen molar-refractivity contribution in [3.8, 4) is 0 Å². The zero-order valence-corrected chi connectivity index (χ0v) is 12.7. The second-order valence-corrected chi connectivity index (χ2v) is 5.99. The molecule has 0 aromatic carbocycles. The zero-order chi connectivity index (χ0) is 15.3. The molecule has 1 aliphatic heterocycles. The van der Waals surface area contributed by atoms with Gasteiger partial charge in [0, 0.05) is 18.9 Å². The van der Waals surface area contributed by atoms with Crippen LogP contribution in [0.25, 0.3) is 0 Å². The van der Waals surface area contributed by atoms with Gasteiger partial charge >= 0.3 is 6.18 Å². The average molecular weight is 320 g/mol. The van der Waals surface area contributed by atoms with Crippen LogP contribution >= 0.6 is 11.8 Å². The lowest BCUT2D eigenvalue weighted by molar-refractivity contribution is -0.137. The van der Waals surface area contributed by atoms with Crippen molar-refractivity contribution in [1.29, 1.82) is 0 Å². The van der Waals surface area contributed by atoms with Crippen LogP contribution < -0.4 is 5.32 Å². The summed E-state index contributed by atoms with van der Waals surface area (Å²) in [6.07, 6.45) is -1.42. The Morgan fingerprint density at radius 3 is 2.86 bits per heavy atom. The third-order valence-corrected chi connectivity index (χ3v) is 4.17. The largest absolute Gasteiger partial charge is 0.416 e. The predicted octanol–water partition coefficient (Wildman–Crippen LogP) is 4.19. The predicted molar refractivity (Wildman–Crippen MR) is 77.7 cm³/mol. The highest BCUT2D eigenvalue weighted by Crippen LogP contribution is 2.33. The van der Waals surface area contributed by atoms with Gasteiger partial charge in [0.1, 0.15) is 5.82 Å². The van der Waals surface area contributed by atoms with Crippen molar-refractivity contribution in [2.75, 3.05) is 24.2 Å². The number of nitrogens with one attached hydrogen (secondary N) is 1. The van der Waals surface area contributed by atoms with Crippen molar-refractivity contribution in [2.45, 2.75) is 43.5 Å². The van der Waals surface area contributed by atoms with Gasteiger partial charge in [-0.15, -0.1) is 11.8 Å². The maximum atomic E-state index is 12.9. The Morgan fingerprint density at radius 2 is 2.24 bits per heavy atom. The second kappa shape index (κ2) is 7.35. The molecule has 2 rings (SSSR count). The SMILES string of the molecule is CCCNc1cc(C(F)(F)F)cc(SCC2CCCO2)n1. The van der Waals surface area contributed by atoms with Gasteiger partial charge in [0.2, 0.25) is 0 Å². The third-order valence-electron chi connectivity index (χ3n) is 3.13. The second-order valence-electron chi connectivity index (χ2n) is 4.95. The van der Waals surface area contributed by atoms with Gasteiger partial charge in [-0.05, 0) is 31.4 Å². The van der Waals surface area contributed by atoms with E-state index in [1.807, 2.05) is 6.92 Å². The first-order valence-electron chi connectivity index (χ1n) is 7.06. The highest BCUT2D eigenvalue weighted by molar-refractivity contribution is 7.99. The van der Waals surface area contributed by atoms with E-state index >= 15 is 0 Å². The molecule has 1 N–H and O–H groups in total. The summed E-state index contributed by atoms with van der Waals surface area (Å²) in [5.41, 5.74) is -0.661. The highest BCUT2D eigenvalue weighted by atomic mass is 32.2. The fourth-order valence-corrected chi connectivity index (χ4v) is 3.03. The number of nitrogens with zero attached hydrogens (tertiary/aromatic N) is 1. The normalized spacial score (nSPS) is 19.0. The van der Waals surface area contributed by atoms with Crippen molar-refractivity contribution in [1.82, 2.24) is 4.98 Å². The van der Waals surface area contributed by atoms with Crippen LogP contribution in [0, 0.1) is 0 Å². The first kappa shape index (κ1) is 16.4. The smallest absolute Gasteiger partial charge is 0.377 e. The third kappa shape index (κ3) is 5.07. The van der Waals surface area contributed by atoms with Crippen LogP contribution in [0.15, 0.2) is 17.2 Å². The maximum absolute atomic E-state index is 12.9. The van der Waals surface area contributed by atoms with Gasteiger partial charge in [-0.25, -0.2) is 4.98 Å². The molecule has 3 nitrogen and oxygen atoms in total. The summed E-state index contributed by atoms with van der Waals surface area (Å²) >= 11 is 1.32. The maximum Gasteiger partial charge on any atom is 0.416 e. The number of anilines is 1. The summed E-state index contributed by atoms with van der Waals surface area (Å²) in [5, 5.41) is 3.31. The number of aromatic nitrogens is 1. The number of ether oxygens (including phenoxy) is 1. The minimum absolute atomic E-state index is 0.124. The summed E-state index contributed by atoms with van der Waals surface area (Å²) in [7, 11) is 0. The molecule has 0 spiro atoms. The molecule has 0 amide bonds. The fraction of sp³-hybridized carbons (Fsp3) is 0.643. The minimum Gasteiger partial charge on any atom is -0.377 e. The lowest BCUT2D eigenvalue weighted by Gasteiger charge is -2.13. The molecule has 1 aromatic rings. The molecule has 118 valence electrons. The van der Waals surface area contributed by atoms with E-state index in [9.17, 15) is 13.2 Å². The molecule has 1 unspecified atom stereocenters. The number of alkyl halides is 3. The number of thioether (sulfide) groups is 1. The van der Waals surface area contributed by atoms with Gasteiger partial charge in [0.15, 0.2) is 0 Å². The number of hydrogen-bond acceptors (Lipinski definition) is 4. The van der Waals surface area contributed by atoms with Gasteiger partial charge in [0.25, 0.3) is 0 Å². The van der Waals surface area contributed by atoms with E-state index < -0.39 is 11.7 Å².